The van der Waals surface area contributed by atoms with Crippen LogP contribution in [-0.2, 0) is 0 Å². The van der Waals surface area contributed by atoms with Gasteiger partial charge in [0.25, 0.3) is 0 Å². The lowest BCUT2D eigenvalue weighted by Gasteiger charge is -2.22. The molecule has 2 nitrogen and oxygen atoms in total. The van der Waals surface area contributed by atoms with Crippen LogP contribution in [0.25, 0.3) is 0 Å². The fourth-order valence-corrected chi connectivity index (χ4v) is 2.26. The normalized spacial score (nSPS) is 22.9. The molecule has 0 aromatic carbocycles. The van der Waals surface area contributed by atoms with Crippen molar-refractivity contribution in [3.8, 4) is 0 Å². The number of furan rings is 1. The zero-order valence-electron chi connectivity index (χ0n) is 8.87. The summed E-state index contributed by atoms with van der Waals surface area (Å²) in [5.74, 6) is 0.997. The number of hydrogen-bond acceptors (Lipinski definition) is 2. The van der Waals surface area contributed by atoms with Gasteiger partial charge in [-0.2, -0.15) is 0 Å². The Hall–Kier alpha value is -0.540. The van der Waals surface area contributed by atoms with Gasteiger partial charge in [0.1, 0.15) is 5.76 Å². The van der Waals surface area contributed by atoms with Crippen LogP contribution in [0.1, 0.15) is 38.0 Å². The molecule has 1 aromatic rings. The van der Waals surface area contributed by atoms with E-state index in [2.05, 4.69) is 40.3 Å². The second-order valence-electron chi connectivity index (χ2n) is 4.01. The van der Waals surface area contributed by atoms with E-state index in [-0.39, 0.29) is 6.04 Å². The molecule has 0 radical (unpaired) electrons. The molecule has 2 atom stereocenters. The number of nitrogens with one attached hydrogen (secondary N) is 1. The van der Waals surface area contributed by atoms with Gasteiger partial charge in [-0.25, -0.2) is 0 Å². The van der Waals surface area contributed by atoms with Gasteiger partial charge < -0.3 is 9.73 Å². The van der Waals surface area contributed by atoms with Crippen LogP contribution in [0.4, 0.5) is 0 Å². The second-order valence-corrected chi connectivity index (χ2v) is 4.79. The van der Waals surface area contributed by atoms with E-state index in [0.29, 0.717) is 6.04 Å². The second kappa shape index (κ2) is 4.99. The largest absolute Gasteiger partial charge is 0.453 e. The molecule has 82 valence electrons. The van der Waals surface area contributed by atoms with Crippen molar-refractivity contribution in [3.63, 3.8) is 0 Å². The quantitative estimate of drug-likeness (QED) is 0.845. The fraction of sp³-hybridized carbons (Fsp3) is 0.500. The molecular weight excluding hydrogens is 254 g/mol. The molecule has 0 amide bonds. The highest BCUT2D eigenvalue weighted by Crippen LogP contribution is 2.22. The molecule has 1 aliphatic rings. The number of halogens is 1. The molecule has 0 saturated heterocycles. The van der Waals surface area contributed by atoms with Crippen LogP contribution in [0.15, 0.2) is 33.4 Å². The number of rotatable bonds is 3. The first-order valence-electron chi connectivity index (χ1n) is 5.42. The van der Waals surface area contributed by atoms with Crippen molar-refractivity contribution in [2.45, 2.75) is 38.3 Å². The zero-order valence-corrected chi connectivity index (χ0v) is 10.5. The lowest BCUT2D eigenvalue weighted by molar-refractivity contribution is 0.367. The van der Waals surface area contributed by atoms with Crippen LogP contribution < -0.4 is 5.32 Å². The lowest BCUT2D eigenvalue weighted by Crippen LogP contribution is -2.31. The Labute approximate surface area is 98.9 Å². The summed E-state index contributed by atoms with van der Waals surface area (Å²) in [6, 6.07) is 4.83. The summed E-state index contributed by atoms with van der Waals surface area (Å²) in [6.07, 6.45) is 8.05. The summed E-state index contributed by atoms with van der Waals surface area (Å²) in [5.41, 5.74) is 0. The van der Waals surface area contributed by atoms with E-state index < -0.39 is 0 Å². The minimum Gasteiger partial charge on any atom is -0.453 e. The highest BCUT2D eigenvalue weighted by atomic mass is 79.9. The van der Waals surface area contributed by atoms with Crippen molar-refractivity contribution in [1.82, 2.24) is 5.32 Å². The van der Waals surface area contributed by atoms with Crippen LogP contribution >= 0.6 is 15.9 Å². The van der Waals surface area contributed by atoms with E-state index in [1.54, 1.807) is 0 Å². The average Bonchev–Trinajstić information content (AvgIpc) is 2.66. The minimum absolute atomic E-state index is 0.285. The Bertz CT molecular complexity index is 345. The molecule has 1 aromatic heterocycles. The molecule has 2 rings (SSSR count). The maximum atomic E-state index is 5.52. The van der Waals surface area contributed by atoms with Crippen LogP contribution in [0.5, 0.6) is 0 Å². The molecular formula is C12H16BrNO. The maximum Gasteiger partial charge on any atom is 0.169 e. The third kappa shape index (κ3) is 2.95. The summed E-state index contributed by atoms with van der Waals surface area (Å²) in [6.45, 7) is 2.14. The molecule has 1 aliphatic carbocycles. The summed E-state index contributed by atoms with van der Waals surface area (Å²) < 4.78 is 6.32. The third-order valence-electron chi connectivity index (χ3n) is 2.78. The first-order valence-corrected chi connectivity index (χ1v) is 6.21. The molecule has 15 heavy (non-hydrogen) atoms. The summed E-state index contributed by atoms with van der Waals surface area (Å²) in [5, 5.41) is 3.58. The molecule has 0 saturated carbocycles. The Balaban J connectivity index is 1.91. The molecule has 2 unspecified atom stereocenters. The van der Waals surface area contributed by atoms with Gasteiger partial charge in [-0.3, -0.25) is 0 Å². The standard InChI is InChI=1S/C12H16BrNO/c1-9(11-7-8-12(13)15-11)14-10-5-3-2-4-6-10/h2-3,7-10,14H,4-6H2,1H3. The molecule has 0 fully saturated rings. The summed E-state index contributed by atoms with van der Waals surface area (Å²) in [4.78, 5) is 0. The molecule has 1 heterocycles. The van der Waals surface area contributed by atoms with Crippen molar-refractivity contribution >= 4 is 15.9 Å². The van der Waals surface area contributed by atoms with Gasteiger partial charge >= 0.3 is 0 Å². The highest BCUT2D eigenvalue weighted by molar-refractivity contribution is 9.10. The van der Waals surface area contributed by atoms with Gasteiger partial charge in [-0.15, -0.1) is 0 Å². The van der Waals surface area contributed by atoms with E-state index in [9.17, 15) is 0 Å². The average molecular weight is 270 g/mol. The molecule has 0 bridgehead atoms. The van der Waals surface area contributed by atoms with Crippen LogP contribution in [0.2, 0.25) is 0 Å². The van der Waals surface area contributed by atoms with Gasteiger partial charge in [0.2, 0.25) is 0 Å². The third-order valence-corrected chi connectivity index (χ3v) is 3.20. The van der Waals surface area contributed by atoms with Gasteiger partial charge in [0.05, 0.1) is 6.04 Å². The van der Waals surface area contributed by atoms with E-state index in [0.717, 1.165) is 16.9 Å². The predicted molar refractivity (Wildman–Crippen MR) is 64.7 cm³/mol. The number of hydrogen-bond donors (Lipinski definition) is 1. The molecule has 0 aliphatic heterocycles. The Kier molecular flexibility index (Phi) is 3.65. The van der Waals surface area contributed by atoms with Gasteiger partial charge in [0, 0.05) is 6.04 Å². The topological polar surface area (TPSA) is 25.2 Å². The number of allylic oxidation sites excluding steroid dienone is 1. The van der Waals surface area contributed by atoms with Gasteiger partial charge in [-0.05, 0) is 54.2 Å². The lowest BCUT2D eigenvalue weighted by atomic mass is 10.0. The van der Waals surface area contributed by atoms with Crippen molar-refractivity contribution < 1.29 is 4.42 Å². The van der Waals surface area contributed by atoms with Gasteiger partial charge in [0.15, 0.2) is 4.67 Å². The van der Waals surface area contributed by atoms with E-state index in [4.69, 9.17) is 4.42 Å². The molecule has 0 spiro atoms. The van der Waals surface area contributed by atoms with E-state index in [1.807, 2.05) is 12.1 Å². The zero-order chi connectivity index (χ0) is 10.7. The predicted octanol–water partition coefficient (Wildman–Crippen LogP) is 3.80. The monoisotopic (exact) mass is 269 g/mol. The van der Waals surface area contributed by atoms with Crippen LogP contribution in [-0.4, -0.2) is 6.04 Å². The fourth-order valence-electron chi connectivity index (χ4n) is 1.94. The highest BCUT2D eigenvalue weighted by Gasteiger charge is 2.15. The first-order chi connectivity index (χ1) is 7.25. The smallest absolute Gasteiger partial charge is 0.169 e. The summed E-state index contributed by atoms with van der Waals surface area (Å²) in [7, 11) is 0. The van der Waals surface area contributed by atoms with Crippen molar-refractivity contribution in [1.29, 1.82) is 0 Å². The van der Waals surface area contributed by atoms with Crippen LogP contribution in [0, 0.1) is 0 Å². The van der Waals surface area contributed by atoms with E-state index >= 15 is 0 Å². The molecule has 3 heteroatoms. The minimum atomic E-state index is 0.285. The van der Waals surface area contributed by atoms with Crippen molar-refractivity contribution in [3.05, 3.63) is 34.7 Å². The maximum absolute atomic E-state index is 5.52. The van der Waals surface area contributed by atoms with Crippen molar-refractivity contribution in [2.24, 2.45) is 0 Å². The Morgan fingerprint density at radius 2 is 2.33 bits per heavy atom. The molecule has 1 N–H and O–H groups in total. The Morgan fingerprint density at radius 3 is 2.93 bits per heavy atom. The SMILES string of the molecule is CC(NC1CC=CCC1)c1ccc(Br)o1. The Morgan fingerprint density at radius 1 is 1.47 bits per heavy atom. The first kappa shape index (κ1) is 11.0. The van der Waals surface area contributed by atoms with Gasteiger partial charge in [-0.1, -0.05) is 12.2 Å². The van der Waals surface area contributed by atoms with Crippen molar-refractivity contribution in [2.75, 3.05) is 0 Å². The summed E-state index contributed by atoms with van der Waals surface area (Å²) >= 11 is 3.32. The van der Waals surface area contributed by atoms with E-state index in [1.165, 1.54) is 12.8 Å². The van der Waals surface area contributed by atoms with Crippen LogP contribution in [0.3, 0.4) is 0 Å².